The van der Waals surface area contributed by atoms with E-state index in [0.717, 1.165) is 12.3 Å². The number of aliphatic imine (C=N–C) groups is 2. The first-order valence-electron chi connectivity index (χ1n) is 8.39. The number of carbonyl (C=O) groups is 1. The van der Waals surface area contributed by atoms with Gasteiger partial charge in [-0.25, -0.2) is 4.39 Å². The maximum absolute atomic E-state index is 13.7. The maximum atomic E-state index is 13.7. The van der Waals surface area contributed by atoms with Gasteiger partial charge < -0.3 is 10.1 Å². The Bertz CT molecular complexity index is 930. The molecule has 6 nitrogen and oxygen atoms in total. The van der Waals surface area contributed by atoms with E-state index in [1.54, 1.807) is 30.3 Å². The van der Waals surface area contributed by atoms with Crippen molar-refractivity contribution in [3.05, 3.63) is 60.4 Å². The Balaban J connectivity index is 2.30. The number of hydrogen-bond donors (Lipinski definition) is 2. The van der Waals surface area contributed by atoms with Crippen molar-refractivity contribution in [2.24, 2.45) is 9.98 Å². The first-order valence-corrected chi connectivity index (χ1v) is 8.39. The molecule has 2 aromatic rings. The number of para-hydroxylation sites is 2. The normalized spacial score (nSPS) is 12.9. The van der Waals surface area contributed by atoms with Crippen LogP contribution in [0.4, 0.5) is 24.5 Å². The second-order valence-electron chi connectivity index (χ2n) is 5.59. The lowest BCUT2D eigenvalue weighted by Crippen LogP contribution is -2.37. The summed E-state index contributed by atoms with van der Waals surface area (Å²) in [6.45, 7) is -3.32. The van der Waals surface area contributed by atoms with Crippen LogP contribution < -0.4 is 0 Å². The van der Waals surface area contributed by atoms with Gasteiger partial charge in [-0.3, -0.25) is 20.2 Å². The zero-order valence-electron chi connectivity index (χ0n) is 15.1. The van der Waals surface area contributed by atoms with E-state index in [0.29, 0.717) is 11.9 Å². The average Bonchev–Trinajstić information content (AvgIpc) is 2.71. The molecular formula is C20H17F3N4O2. The van der Waals surface area contributed by atoms with Crippen molar-refractivity contribution in [2.75, 3.05) is 0 Å². The van der Waals surface area contributed by atoms with Crippen molar-refractivity contribution in [3.8, 4) is 0 Å². The van der Waals surface area contributed by atoms with Gasteiger partial charge in [0.25, 0.3) is 0 Å². The number of nitrogens with zero attached hydrogens (tertiary/aromatic N) is 2. The minimum absolute atomic E-state index is 0.0987. The summed E-state index contributed by atoms with van der Waals surface area (Å²) in [6, 6.07) is 13.7. The first-order chi connectivity index (χ1) is 13.9. The Hall–Kier alpha value is -3.46. The Morgan fingerprint density at radius 2 is 1.76 bits per heavy atom. The number of carbonyl (C=O) groups excluding carboxylic acids is 1. The van der Waals surface area contributed by atoms with Gasteiger partial charge in [-0.05, 0) is 24.3 Å². The third kappa shape index (κ3) is 6.58. The standard InChI is InChI=1S/C20H17F3N4O2/c21-14-8-4-5-9-15(14)26-12-17(29-20(22)23)19(28)18(25)16(10-11-24)27-13-6-2-1-3-7-13/h1-9,11-12,17,20,24-25H,10H2. The molecule has 0 heterocycles. The molecule has 0 saturated heterocycles. The highest BCUT2D eigenvalue weighted by atomic mass is 19.3. The molecule has 2 N–H and O–H groups in total. The van der Waals surface area contributed by atoms with Gasteiger partial charge in [-0.1, -0.05) is 30.3 Å². The van der Waals surface area contributed by atoms with E-state index in [2.05, 4.69) is 14.7 Å². The predicted octanol–water partition coefficient (Wildman–Crippen LogP) is 4.54. The molecule has 0 bridgehead atoms. The predicted molar refractivity (Wildman–Crippen MR) is 105 cm³/mol. The molecule has 150 valence electrons. The maximum Gasteiger partial charge on any atom is 0.346 e. The minimum Gasteiger partial charge on any atom is -0.313 e. The smallest absolute Gasteiger partial charge is 0.313 e. The molecule has 0 aliphatic carbocycles. The molecule has 0 spiro atoms. The van der Waals surface area contributed by atoms with Crippen LogP contribution in [0.3, 0.4) is 0 Å². The summed E-state index contributed by atoms with van der Waals surface area (Å²) >= 11 is 0. The van der Waals surface area contributed by atoms with Gasteiger partial charge >= 0.3 is 6.61 Å². The molecule has 0 saturated carbocycles. The number of ether oxygens (including phenoxy) is 1. The average molecular weight is 402 g/mol. The second kappa shape index (κ2) is 10.8. The monoisotopic (exact) mass is 402 g/mol. The fraction of sp³-hybridized carbons (Fsp3) is 0.150. The van der Waals surface area contributed by atoms with E-state index in [4.69, 9.17) is 10.8 Å². The molecule has 9 heteroatoms. The quantitative estimate of drug-likeness (QED) is 0.571. The molecule has 2 aromatic carbocycles. The number of Topliss-reactive ketones (excluding diaryl/α,β-unsaturated/α-hetero) is 1. The number of alkyl halides is 2. The summed E-state index contributed by atoms with van der Waals surface area (Å²) in [5.41, 5.74) is -0.554. The molecule has 0 fully saturated rings. The van der Waals surface area contributed by atoms with Crippen molar-refractivity contribution >= 4 is 41.0 Å². The number of halogens is 3. The van der Waals surface area contributed by atoms with Crippen molar-refractivity contribution in [2.45, 2.75) is 19.1 Å². The van der Waals surface area contributed by atoms with E-state index in [-0.39, 0.29) is 17.8 Å². The van der Waals surface area contributed by atoms with Crippen molar-refractivity contribution in [1.29, 1.82) is 10.8 Å². The summed E-state index contributed by atoms with van der Waals surface area (Å²) in [7, 11) is 0. The Kier molecular flexibility index (Phi) is 8.11. The van der Waals surface area contributed by atoms with Crippen LogP contribution >= 0.6 is 0 Å². The van der Waals surface area contributed by atoms with Gasteiger partial charge in [0.1, 0.15) is 11.5 Å². The van der Waals surface area contributed by atoms with Crippen molar-refractivity contribution in [1.82, 2.24) is 0 Å². The molecule has 1 atom stereocenters. The molecule has 0 aromatic heterocycles. The summed E-state index contributed by atoms with van der Waals surface area (Å²) < 4.78 is 43.5. The number of ketones is 1. The lowest BCUT2D eigenvalue weighted by atomic mass is 10.0. The lowest BCUT2D eigenvalue weighted by molar-refractivity contribution is -0.155. The fourth-order valence-corrected chi connectivity index (χ4v) is 2.22. The topological polar surface area (TPSA) is 98.7 Å². The second-order valence-corrected chi connectivity index (χ2v) is 5.59. The number of benzene rings is 2. The molecule has 1 unspecified atom stereocenters. The third-order valence-corrected chi connectivity index (χ3v) is 3.56. The first kappa shape index (κ1) is 21.8. The summed E-state index contributed by atoms with van der Waals surface area (Å²) in [6.07, 6.45) is -0.439. The summed E-state index contributed by atoms with van der Waals surface area (Å²) in [5, 5.41) is 15.3. The van der Waals surface area contributed by atoms with Crippen LogP contribution in [0.5, 0.6) is 0 Å². The summed E-state index contributed by atoms with van der Waals surface area (Å²) in [4.78, 5) is 20.4. The highest BCUT2D eigenvalue weighted by Gasteiger charge is 2.27. The highest BCUT2D eigenvalue weighted by Crippen LogP contribution is 2.17. The Labute approximate surface area is 164 Å². The number of hydrogen-bond acceptors (Lipinski definition) is 6. The van der Waals surface area contributed by atoms with Crippen LogP contribution in [0.15, 0.2) is 64.6 Å². The van der Waals surface area contributed by atoms with Gasteiger partial charge in [-0.15, -0.1) is 0 Å². The van der Waals surface area contributed by atoms with Crippen molar-refractivity contribution in [3.63, 3.8) is 0 Å². The van der Waals surface area contributed by atoms with E-state index < -0.39 is 30.0 Å². The molecular weight excluding hydrogens is 385 g/mol. The molecule has 0 radical (unpaired) electrons. The minimum atomic E-state index is -3.32. The van der Waals surface area contributed by atoms with Crippen molar-refractivity contribution < 1.29 is 22.7 Å². The zero-order chi connectivity index (χ0) is 21.2. The molecule has 0 amide bonds. The van der Waals surface area contributed by atoms with Crippen LogP contribution in [0, 0.1) is 16.6 Å². The van der Waals surface area contributed by atoms with Gasteiger partial charge in [-0.2, -0.15) is 8.78 Å². The largest absolute Gasteiger partial charge is 0.346 e. The summed E-state index contributed by atoms with van der Waals surface area (Å²) in [5.74, 6) is -1.85. The van der Waals surface area contributed by atoms with Crippen LogP contribution in [0.1, 0.15) is 6.42 Å². The molecule has 29 heavy (non-hydrogen) atoms. The van der Waals surface area contributed by atoms with Gasteiger partial charge in [0.2, 0.25) is 5.78 Å². The van der Waals surface area contributed by atoms with Crippen LogP contribution in [0.2, 0.25) is 0 Å². The van der Waals surface area contributed by atoms with Crippen LogP contribution in [-0.4, -0.2) is 42.4 Å². The lowest BCUT2D eigenvalue weighted by Gasteiger charge is -2.13. The highest BCUT2D eigenvalue weighted by molar-refractivity contribution is 6.69. The molecule has 2 rings (SSSR count). The van der Waals surface area contributed by atoms with Crippen LogP contribution in [0.25, 0.3) is 0 Å². The van der Waals surface area contributed by atoms with E-state index in [1.807, 2.05) is 0 Å². The van der Waals surface area contributed by atoms with E-state index in [1.165, 1.54) is 18.2 Å². The molecule has 0 aliphatic rings. The Morgan fingerprint density at radius 3 is 2.38 bits per heavy atom. The fourth-order valence-electron chi connectivity index (χ4n) is 2.22. The van der Waals surface area contributed by atoms with Gasteiger partial charge in [0, 0.05) is 18.9 Å². The third-order valence-electron chi connectivity index (χ3n) is 3.56. The van der Waals surface area contributed by atoms with Gasteiger partial charge in [0.15, 0.2) is 6.10 Å². The SMILES string of the molecule is N=CCC(=Nc1ccccc1)C(=N)C(=O)C(C=Nc1ccccc1F)OC(F)F. The zero-order valence-corrected chi connectivity index (χ0v) is 15.1. The van der Waals surface area contributed by atoms with Gasteiger partial charge in [0.05, 0.1) is 17.1 Å². The van der Waals surface area contributed by atoms with E-state index >= 15 is 0 Å². The Morgan fingerprint density at radius 1 is 1.10 bits per heavy atom. The number of rotatable bonds is 10. The number of nitrogens with one attached hydrogen (secondary N) is 2. The van der Waals surface area contributed by atoms with Crippen LogP contribution in [-0.2, 0) is 9.53 Å². The molecule has 0 aliphatic heterocycles. The van der Waals surface area contributed by atoms with E-state index in [9.17, 15) is 18.0 Å².